The zero-order chi connectivity index (χ0) is 15.3. The maximum Gasteiger partial charge on any atom is 0.280 e. The summed E-state index contributed by atoms with van der Waals surface area (Å²) >= 11 is 0. The second-order valence-corrected chi connectivity index (χ2v) is 7.59. The van der Waals surface area contributed by atoms with Gasteiger partial charge in [-0.3, -0.25) is 4.90 Å². The van der Waals surface area contributed by atoms with E-state index in [9.17, 15) is 8.42 Å². The molecule has 0 bridgehead atoms. The first-order valence-corrected chi connectivity index (χ1v) is 9.26. The maximum absolute atomic E-state index is 12.5. The highest BCUT2D eigenvalue weighted by Gasteiger charge is 2.32. The standard InChI is InChI=1S/C13H28N4O3S/c1-12(11-16-6-8-20-9-7-16)15-21(18,19)17-5-3-2-4-13(17)10-14/h12-13,15H,2-11,14H2,1H3. The molecule has 2 heterocycles. The molecule has 0 saturated carbocycles. The Balaban J connectivity index is 1.89. The molecule has 2 unspecified atom stereocenters. The van der Waals surface area contributed by atoms with E-state index >= 15 is 0 Å². The SMILES string of the molecule is CC(CN1CCOCC1)NS(=O)(=O)N1CCCCC1CN. The molecule has 0 aromatic carbocycles. The monoisotopic (exact) mass is 320 g/mol. The van der Waals surface area contributed by atoms with Crippen molar-refractivity contribution in [3.63, 3.8) is 0 Å². The van der Waals surface area contributed by atoms with Gasteiger partial charge < -0.3 is 10.5 Å². The third-order valence-corrected chi connectivity index (χ3v) is 5.94. The van der Waals surface area contributed by atoms with Crippen LogP contribution in [0.2, 0.25) is 0 Å². The minimum atomic E-state index is -3.45. The highest BCUT2D eigenvalue weighted by molar-refractivity contribution is 7.87. The molecule has 0 spiro atoms. The van der Waals surface area contributed by atoms with Crippen LogP contribution in [0.15, 0.2) is 0 Å². The molecular weight excluding hydrogens is 292 g/mol. The van der Waals surface area contributed by atoms with Crippen LogP contribution in [-0.2, 0) is 14.9 Å². The fraction of sp³-hybridized carbons (Fsp3) is 1.00. The Bertz CT molecular complexity index is 412. The van der Waals surface area contributed by atoms with E-state index in [1.165, 1.54) is 0 Å². The fourth-order valence-corrected chi connectivity index (χ4v) is 4.73. The molecule has 3 N–H and O–H groups in total. The molecule has 2 atom stereocenters. The summed E-state index contributed by atoms with van der Waals surface area (Å²) in [5.74, 6) is 0. The van der Waals surface area contributed by atoms with Crippen molar-refractivity contribution in [3.8, 4) is 0 Å². The van der Waals surface area contributed by atoms with Gasteiger partial charge in [-0.15, -0.1) is 0 Å². The molecule has 0 radical (unpaired) electrons. The molecule has 0 aromatic heterocycles. The minimum absolute atomic E-state index is 0.0631. The number of rotatable bonds is 6. The van der Waals surface area contributed by atoms with Gasteiger partial charge in [0.05, 0.1) is 13.2 Å². The summed E-state index contributed by atoms with van der Waals surface area (Å²) in [7, 11) is -3.45. The van der Waals surface area contributed by atoms with E-state index in [-0.39, 0.29) is 12.1 Å². The normalized spacial score (nSPS) is 27.6. The predicted octanol–water partition coefficient (Wildman–Crippen LogP) is -0.645. The Morgan fingerprint density at radius 1 is 1.29 bits per heavy atom. The molecule has 0 aromatic rings. The average Bonchev–Trinajstić information content (AvgIpc) is 2.47. The van der Waals surface area contributed by atoms with E-state index in [0.717, 1.165) is 45.6 Å². The molecule has 2 aliphatic heterocycles. The number of nitrogens with two attached hydrogens (primary N) is 1. The highest BCUT2D eigenvalue weighted by atomic mass is 32.2. The zero-order valence-electron chi connectivity index (χ0n) is 12.8. The van der Waals surface area contributed by atoms with Gasteiger partial charge in [0, 0.05) is 44.8 Å². The number of hydrogen-bond acceptors (Lipinski definition) is 5. The van der Waals surface area contributed by atoms with Gasteiger partial charge in [0.1, 0.15) is 0 Å². The Morgan fingerprint density at radius 2 is 2.00 bits per heavy atom. The van der Waals surface area contributed by atoms with Crippen LogP contribution in [0.3, 0.4) is 0 Å². The lowest BCUT2D eigenvalue weighted by molar-refractivity contribution is 0.0353. The molecular formula is C13H28N4O3S. The van der Waals surface area contributed by atoms with Crippen molar-refractivity contribution in [1.29, 1.82) is 0 Å². The third-order valence-electron chi connectivity index (χ3n) is 4.14. The van der Waals surface area contributed by atoms with E-state index < -0.39 is 10.2 Å². The smallest absolute Gasteiger partial charge is 0.280 e. The lowest BCUT2D eigenvalue weighted by Gasteiger charge is -2.35. The largest absolute Gasteiger partial charge is 0.379 e. The average molecular weight is 320 g/mol. The summed E-state index contributed by atoms with van der Waals surface area (Å²) in [6.07, 6.45) is 2.82. The second kappa shape index (κ2) is 7.85. The van der Waals surface area contributed by atoms with Crippen LogP contribution in [0.4, 0.5) is 0 Å². The van der Waals surface area contributed by atoms with Gasteiger partial charge in [0.2, 0.25) is 0 Å². The summed E-state index contributed by atoms with van der Waals surface area (Å²) in [5.41, 5.74) is 5.71. The molecule has 7 nitrogen and oxygen atoms in total. The predicted molar refractivity (Wildman–Crippen MR) is 82.2 cm³/mol. The Hall–Kier alpha value is -0.250. The van der Waals surface area contributed by atoms with Crippen molar-refractivity contribution in [1.82, 2.24) is 13.9 Å². The van der Waals surface area contributed by atoms with Gasteiger partial charge in [-0.2, -0.15) is 17.4 Å². The Labute approximate surface area is 128 Å². The summed E-state index contributed by atoms with van der Waals surface area (Å²) in [6.45, 7) is 6.75. The maximum atomic E-state index is 12.5. The van der Waals surface area contributed by atoms with Crippen LogP contribution in [0, 0.1) is 0 Å². The zero-order valence-corrected chi connectivity index (χ0v) is 13.6. The van der Waals surface area contributed by atoms with Crippen LogP contribution >= 0.6 is 0 Å². The number of morpholine rings is 1. The molecule has 2 saturated heterocycles. The van der Waals surface area contributed by atoms with Crippen molar-refractivity contribution in [2.45, 2.75) is 38.3 Å². The van der Waals surface area contributed by atoms with Gasteiger partial charge in [-0.05, 0) is 19.8 Å². The topological polar surface area (TPSA) is 87.9 Å². The molecule has 2 rings (SSSR count). The van der Waals surface area contributed by atoms with Crippen LogP contribution < -0.4 is 10.5 Å². The van der Waals surface area contributed by atoms with Crippen molar-refractivity contribution in [2.75, 3.05) is 45.9 Å². The number of hydrogen-bond donors (Lipinski definition) is 2. The number of nitrogens with one attached hydrogen (secondary N) is 1. The number of nitrogens with zero attached hydrogens (tertiary/aromatic N) is 2. The highest BCUT2D eigenvalue weighted by Crippen LogP contribution is 2.19. The van der Waals surface area contributed by atoms with E-state index in [1.54, 1.807) is 4.31 Å². The molecule has 2 fully saturated rings. The van der Waals surface area contributed by atoms with Crippen molar-refractivity contribution in [2.24, 2.45) is 5.73 Å². The summed E-state index contributed by atoms with van der Waals surface area (Å²) in [5, 5.41) is 0. The second-order valence-electron chi connectivity index (χ2n) is 5.93. The van der Waals surface area contributed by atoms with Gasteiger partial charge in [0.25, 0.3) is 10.2 Å². The third kappa shape index (κ3) is 4.87. The first-order valence-electron chi connectivity index (χ1n) is 7.82. The lowest BCUT2D eigenvalue weighted by Crippen LogP contribution is -2.55. The summed E-state index contributed by atoms with van der Waals surface area (Å²) in [4.78, 5) is 2.23. The van der Waals surface area contributed by atoms with Crippen LogP contribution in [-0.4, -0.2) is 75.6 Å². The van der Waals surface area contributed by atoms with E-state index in [1.807, 2.05) is 6.92 Å². The quantitative estimate of drug-likeness (QED) is 0.679. The van der Waals surface area contributed by atoms with Crippen molar-refractivity contribution < 1.29 is 13.2 Å². The Kier molecular flexibility index (Phi) is 6.39. The fourth-order valence-electron chi connectivity index (χ4n) is 3.06. The molecule has 0 aliphatic carbocycles. The van der Waals surface area contributed by atoms with Crippen LogP contribution in [0.5, 0.6) is 0 Å². The number of piperidine rings is 1. The molecule has 124 valence electrons. The van der Waals surface area contributed by atoms with Crippen LogP contribution in [0.1, 0.15) is 26.2 Å². The van der Waals surface area contributed by atoms with E-state index in [2.05, 4.69) is 9.62 Å². The van der Waals surface area contributed by atoms with Gasteiger partial charge in [0.15, 0.2) is 0 Å². The summed E-state index contributed by atoms with van der Waals surface area (Å²) in [6, 6.07) is -0.180. The van der Waals surface area contributed by atoms with Crippen molar-refractivity contribution in [3.05, 3.63) is 0 Å². The first-order chi connectivity index (χ1) is 10.0. The van der Waals surface area contributed by atoms with Gasteiger partial charge in [-0.1, -0.05) is 6.42 Å². The van der Waals surface area contributed by atoms with E-state index in [0.29, 0.717) is 19.6 Å². The molecule has 2 aliphatic rings. The molecule has 21 heavy (non-hydrogen) atoms. The molecule has 8 heteroatoms. The van der Waals surface area contributed by atoms with E-state index in [4.69, 9.17) is 10.5 Å². The first kappa shape index (κ1) is 17.1. The molecule has 0 amide bonds. The van der Waals surface area contributed by atoms with Gasteiger partial charge >= 0.3 is 0 Å². The van der Waals surface area contributed by atoms with Crippen LogP contribution in [0.25, 0.3) is 0 Å². The minimum Gasteiger partial charge on any atom is -0.379 e. The van der Waals surface area contributed by atoms with Gasteiger partial charge in [-0.25, -0.2) is 0 Å². The summed E-state index contributed by atoms with van der Waals surface area (Å²) < 4.78 is 34.7. The Morgan fingerprint density at radius 3 is 2.67 bits per heavy atom. The lowest BCUT2D eigenvalue weighted by atomic mass is 10.1. The van der Waals surface area contributed by atoms with Crippen molar-refractivity contribution >= 4 is 10.2 Å². The number of ether oxygens (including phenoxy) is 1.